The van der Waals surface area contributed by atoms with Crippen LogP contribution in [0.5, 0.6) is 0 Å². The molecular formula is C37H58N2O4. The average molecular weight is 595 g/mol. The van der Waals surface area contributed by atoms with Crippen LogP contribution in [0, 0.1) is 0 Å². The monoisotopic (exact) mass is 594 g/mol. The summed E-state index contributed by atoms with van der Waals surface area (Å²) in [7, 11) is 0. The van der Waals surface area contributed by atoms with E-state index in [1.807, 2.05) is 24.3 Å². The van der Waals surface area contributed by atoms with Crippen LogP contribution < -0.4 is 5.32 Å². The Balaban J connectivity index is 1.70. The fourth-order valence-electron chi connectivity index (χ4n) is 5.87. The number of rotatable bonds is 21. The average Bonchev–Trinajstić information content (AvgIpc) is 3.03. The van der Waals surface area contributed by atoms with E-state index < -0.39 is 6.29 Å². The number of carbonyl (C=O) groups is 1. The zero-order chi connectivity index (χ0) is 30.7. The van der Waals surface area contributed by atoms with Gasteiger partial charge in [0, 0.05) is 32.0 Å². The first-order valence-corrected chi connectivity index (χ1v) is 17.1. The minimum atomic E-state index is -0.457. The van der Waals surface area contributed by atoms with E-state index in [2.05, 4.69) is 48.3 Å². The molecule has 1 heterocycles. The molecule has 3 atom stereocenters. The van der Waals surface area contributed by atoms with Crippen LogP contribution in [0.25, 0.3) is 0 Å². The molecule has 3 rings (SSSR count). The van der Waals surface area contributed by atoms with Crippen LogP contribution in [0.2, 0.25) is 0 Å². The summed E-state index contributed by atoms with van der Waals surface area (Å²) in [5.74, 6) is -0.0348. The third-order valence-corrected chi connectivity index (χ3v) is 8.53. The maximum absolute atomic E-state index is 11.3. The van der Waals surface area contributed by atoms with Crippen LogP contribution in [0.4, 0.5) is 0 Å². The summed E-state index contributed by atoms with van der Waals surface area (Å²) in [6, 6.07) is 16.3. The molecule has 0 aliphatic carbocycles. The summed E-state index contributed by atoms with van der Waals surface area (Å²) in [5, 5.41) is 12.4. The minimum Gasteiger partial charge on any atom is -0.392 e. The number of amides is 1. The van der Waals surface area contributed by atoms with Crippen LogP contribution in [0.3, 0.4) is 0 Å². The summed E-state index contributed by atoms with van der Waals surface area (Å²) in [6.07, 6.45) is 16.0. The first-order valence-electron chi connectivity index (χ1n) is 17.1. The highest BCUT2D eigenvalue weighted by molar-refractivity contribution is 5.72. The Morgan fingerprint density at radius 2 is 1.30 bits per heavy atom. The summed E-state index contributed by atoms with van der Waals surface area (Å²) in [4.78, 5) is 14.0. The Hall–Kier alpha value is -2.25. The smallest absolute Gasteiger partial charge is 0.217 e. The lowest BCUT2D eigenvalue weighted by atomic mass is 9.99. The van der Waals surface area contributed by atoms with Gasteiger partial charge in [-0.2, -0.15) is 0 Å². The molecule has 3 unspecified atom stereocenters. The van der Waals surface area contributed by atoms with Crippen LogP contribution in [-0.4, -0.2) is 41.7 Å². The third-order valence-electron chi connectivity index (χ3n) is 8.53. The van der Waals surface area contributed by atoms with Gasteiger partial charge >= 0.3 is 0 Å². The first kappa shape index (κ1) is 35.2. The topological polar surface area (TPSA) is 71.0 Å². The zero-order valence-electron chi connectivity index (χ0n) is 27.2. The Bertz CT molecular complexity index is 994. The van der Waals surface area contributed by atoms with Crippen molar-refractivity contribution < 1.29 is 19.4 Å². The van der Waals surface area contributed by atoms with Gasteiger partial charge in [-0.1, -0.05) is 127 Å². The largest absolute Gasteiger partial charge is 0.392 e. The summed E-state index contributed by atoms with van der Waals surface area (Å²) in [6.45, 7) is 9.80. The first-order chi connectivity index (χ1) is 21.0. The zero-order valence-corrected chi connectivity index (χ0v) is 27.2. The number of aliphatic hydroxyl groups is 1. The fraction of sp³-hybridized carbons (Fsp3) is 0.649. The van der Waals surface area contributed by atoms with Gasteiger partial charge in [-0.25, -0.2) is 0 Å². The molecule has 6 nitrogen and oxygen atoms in total. The molecular weight excluding hydrogens is 536 g/mol. The molecule has 1 fully saturated rings. The second kappa shape index (κ2) is 20.7. The summed E-state index contributed by atoms with van der Waals surface area (Å²) in [5.41, 5.74) is 4.07. The SMILES string of the molecule is CCCCCCCCN(CCCCCCCC)CC1CC(c2ccc(CO)cc2)OC(c2ccc(CNC(C)=O)cc2)O1. The van der Waals surface area contributed by atoms with Gasteiger partial charge in [0.25, 0.3) is 0 Å². The molecule has 2 aromatic rings. The molecule has 0 bridgehead atoms. The van der Waals surface area contributed by atoms with Crippen LogP contribution >= 0.6 is 0 Å². The van der Waals surface area contributed by atoms with Crippen molar-refractivity contribution in [1.29, 1.82) is 0 Å². The van der Waals surface area contributed by atoms with Gasteiger partial charge in [-0.15, -0.1) is 0 Å². The van der Waals surface area contributed by atoms with Gasteiger partial charge in [0.1, 0.15) is 0 Å². The number of ether oxygens (including phenoxy) is 2. The molecule has 0 spiro atoms. The molecule has 0 aromatic heterocycles. The lowest BCUT2D eigenvalue weighted by Crippen LogP contribution is -2.40. The molecule has 43 heavy (non-hydrogen) atoms. The van der Waals surface area contributed by atoms with Gasteiger partial charge in [-0.05, 0) is 42.6 Å². The number of nitrogens with one attached hydrogen (secondary N) is 1. The Morgan fingerprint density at radius 3 is 1.86 bits per heavy atom. The molecule has 2 N–H and O–H groups in total. The van der Waals surface area contributed by atoms with Crippen molar-refractivity contribution in [3.05, 3.63) is 70.8 Å². The van der Waals surface area contributed by atoms with Crippen LogP contribution in [0.15, 0.2) is 48.5 Å². The van der Waals surface area contributed by atoms with Gasteiger partial charge in [0.15, 0.2) is 6.29 Å². The standard InChI is InChI=1S/C37H58N2O4/c1-4-6-8-10-12-14-24-39(25-15-13-11-9-7-5-2)28-35-26-36(33-20-18-32(29-40)19-21-33)43-37(42-35)34-22-16-31(17-23-34)27-38-30(3)41/h16-23,35-37,40H,4-15,24-29H2,1-3H3,(H,38,41). The highest BCUT2D eigenvalue weighted by atomic mass is 16.7. The van der Waals surface area contributed by atoms with E-state index in [9.17, 15) is 9.90 Å². The quantitative estimate of drug-likeness (QED) is 0.142. The second-order valence-electron chi connectivity index (χ2n) is 12.3. The predicted molar refractivity (Wildman–Crippen MR) is 176 cm³/mol. The van der Waals surface area contributed by atoms with Gasteiger partial charge < -0.3 is 24.8 Å². The predicted octanol–water partition coefficient (Wildman–Crippen LogP) is 8.38. The van der Waals surface area contributed by atoms with Crippen molar-refractivity contribution in [1.82, 2.24) is 10.2 Å². The third kappa shape index (κ3) is 13.5. The minimum absolute atomic E-state index is 0.0348. The maximum Gasteiger partial charge on any atom is 0.217 e. The second-order valence-corrected chi connectivity index (χ2v) is 12.3. The molecule has 6 heteroatoms. The van der Waals surface area contributed by atoms with E-state index in [0.29, 0.717) is 6.54 Å². The maximum atomic E-state index is 11.3. The molecule has 240 valence electrons. The lowest BCUT2D eigenvalue weighted by Gasteiger charge is -2.38. The van der Waals surface area contributed by atoms with Crippen molar-refractivity contribution in [2.75, 3.05) is 19.6 Å². The molecule has 0 radical (unpaired) electrons. The number of hydrogen-bond donors (Lipinski definition) is 2. The Labute approximate surface area is 261 Å². The number of benzene rings is 2. The van der Waals surface area contributed by atoms with Gasteiger partial charge in [0.05, 0.1) is 18.8 Å². The van der Waals surface area contributed by atoms with Gasteiger partial charge in [-0.3, -0.25) is 4.79 Å². The summed E-state index contributed by atoms with van der Waals surface area (Å²) >= 11 is 0. The Morgan fingerprint density at radius 1 is 0.767 bits per heavy atom. The van der Waals surface area contributed by atoms with E-state index in [-0.39, 0.29) is 24.7 Å². The number of aliphatic hydroxyl groups excluding tert-OH is 1. The van der Waals surface area contributed by atoms with Gasteiger partial charge in [0.2, 0.25) is 5.91 Å². The molecule has 1 saturated heterocycles. The number of unbranched alkanes of at least 4 members (excludes halogenated alkanes) is 10. The van der Waals surface area contributed by atoms with Crippen LogP contribution in [0.1, 0.15) is 139 Å². The van der Waals surface area contributed by atoms with E-state index >= 15 is 0 Å². The van der Waals surface area contributed by atoms with Crippen molar-refractivity contribution in [3.63, 3.8) is 0 Å². The molecule has 2 aromatic carbocycles. The lowest BCUT2D eigenvalue weighted by molar-refractivity contribution is -0.253. The van der Waals surface area contributed by atoms with E-state index in [1.165, 1.54) is 84.0 Å². The molecule has 1 amide bonds. The Kier molecular flexibility index (Phi) is 16.9. The van der Waals surface area contributed by atoms with E-state index in [4.69, 9.17) is 9.47 Å². The number of nitrogens with zero attached hydrogens (tertiary/aromatic N) is 1. The summed E-state index contributed by atoms with van der Waals surface area (Å²) < 4.78 is 13.3. The fourth-order valence-corrected chi connectivity index (χ4v) is 5.87. The molecule has 1 aliphatic rings. The van der Waals surface area contributed by atoms with Crippen molar-refractivity contribution in [3.8, 4) is 0 Å². The molecule has 1 aliphatic heterocycles. The molecule has 0 saturated carbocycles. The number of carbonyl (C=O) groups excluding carboxylic acids is 1. The normalized spacial score (nSPS) is 18.7. The van der Waals surface area contributed by atoms with E-state index in [1.54, 1.807) is 0 Å². The highest BCUT2D eigenvalue weighted by Crippen LogP contribution is 2.38. The number of hydrogen-bond acceptors (Lipinski definition) is 5. The van der Waals surface area contributed by atoms with Crippen LogP contribution in [-0.2, 0) is 27.4 Å². The van der Waals surface area contributed by atoms with E-state index in [0.717, 1.165) is 48.3 Å². The van der Waals surface area contributed by atoms with Crippen molar-refractivity contribution in [2.45, 2.75) is 136 Å². The van der Waals surface area contributed by atoms with Crippen molar-refractivity contribution in [2.24, 2.45) is 0 Å². The van der Waals surface area contributed by atoms with Crippen molar-refractivity contribution >= 4 is 5.91 Å². The highest BCUT2D eigenvalue weighted by Gasteiger charge is 2.33.